The summed E-state index contributed by atoms with van der Waals surface area (Å²) in [7, 11) is 0. The molecule has 2 aliphatic rings. The van der Waals surface area contributed by atoms with Crippen LogP contribution in [-0.4, -0.2) is 61.0 Å². The zero-order valence-electron chi connectivity index (χ0n) is 11.7. The summed E-state index contributed by atoms with van der Waals surface area (Å²) in [6.45, 7) is 7.86. The maximum Gasteiger partial charge on any atom is 0.236 e. The highest BCUT2D eigenvalue weighted by molar-refractivity contribution is 5.78. The quantitative estimate of drug-likeness (QED) is 0.814. The van der Waals surface area contributed by atoms with Crippen LogP contribution in [0.15, 0.2) is 0 Å². The number of likely N-dealkylation sites (N-methyl/N-ethyl adjacent to an activating group) is 1. The molecule has 0 aromatic rings. The van der Waals surface area contributed by atoms with Crippen LogP contribution in [0.5, 0.6) is 0 Å². The average molecular weight is 253 g/mol. The molecule has 4 nitrogen and oxygen atoms in total. The van der Waals surface area contributed by atoms with E-state index < -0.39 is 0 Å². The number of hydrogen-bond donors (Lipinski definition) is 1. The summed E-state index contributed by atoms with van der Waals surface area (Å²) in [6, 6.07) is 0.730. The van der Waals surface area contributed by atoms with Gasteiger partial charge in [0.1, 0.15) is 0 Å². The van der Waals surface area contributed by atoms with E-state index in [-0.39, 0.29) is 5.91 Å². The summed E-state index contributed by atoms with van der Waals surface area (Å²) < 4.78 is 0. The fraction of sp³-hybridized carbons (Fsp3) is 0.929. The second-order valence-electron chi connectivity index (χ2n) is 5.49. The third-order valence-electron chi connectivity index (χ3n) is 4.25. The first-order valence-corrected chi connectivity index (χ1v) is 7.54. The van der Waals surface area contributed by atoms with E-state index in [1.54, 1.807) is 0 Å². The highest BCUT2D eigenvalue weighted by Gasteiger charge is 2.27. The van der Waals surface area contributed by atoms with Gasteiger partial charge in [0.05, 0.1) is 6.54 Å². The van der Waals surface area contributed by atoms with Crippen molar-refractivity contribution in [2.24, 2.45) is 0 Å². The Balaban J connectivity index is 1.71. The van der Waals surface area contributed by atoms with Gasteiger partial charge in [-0.25, -0.2) is 0 Å². The molecule has 0 aromatic carbocycles. The van der Waals surface area contributed by atoms with E-state index in [4.69, 9.17) is 0 Å². The minimum absolute atomic E-state index is 0.272. The van der Waals surface area contributed by atoms with Crippen LogP contribution >= 0.6 is 0 Å². The Morgan fingerprint density at radius 1 is 1.11 bits per heavy atom. The first-order valence-electron chi connectivity index (χ1n) is 7.54. The lowest BCUT2D eigenvalue weighted by molar-refractivity contribution is -0.131. The van der Waals surface area contributed by atoms with Gasteiger partial charge < -0.3 is 15.1 Å². The zero-order chi connectivity index (χ0) is 12.8. The lowest BCUT2D eigenvalue weighted by Crippen LogP contribution is -2.49. The van der Waals surface area contributed by atoms with Crippen molar-refractivity contribution < 1.29 is 4.79 Å². The highest BCUT2D eigenvalue weighted by Crippen LogP contribution is 2.20. The van der Waals surface area contributed by atoms with Gasteiger partial charge in [0, 0.05) is 19.1 Å². The first kappa shape index (κ1) is 13.8. The molecule has 2 rings (SSSR count). The molecule has 0 aliphatic carbocycles. The van der Waals surface area contributed by atoms with Crippen LogP contribution in [-0.2, 0) is 4.79 Å². The van der Waals surface area contributed by atoms with E-state index in [1.165, 1.54) is 32.4 Å². The molecule has 0 unspecified atom stereocenters. The van der Waals surface area contributed by atoms with E-state index in [9.17, 15) is 4.79 Å². The van der Waals surface area contributed by atoms with Crippen molar-refractivity contribution in [2.75, 3.05) is 39.3 Å². The number of rotatable bonds is 4. The molecular weight excluding hydrogens is 226 g/mol. The van der Waals surface area contributed by atoms with Crippen LogP contribution in [0, 0.1) is 0 Å². The number of carbonyl (C=O) groups is 1. The Bertz CT molecular complexity index is 256. The van der Waals surface area contributed by atoms with Gasteiger partial charge in [0.15, 0.2) is 0 Å². The number of nitrogens with one attached hydrogen (secondary N) is 1. The van der Waals surface area contributed by atoms with Crippen molar-refractivity contribution in [1.29, 1.82) is 0 Å². The molecule has 104 valence electrons. The highest BCUT2D eigenvalue weighted by atomic mass is 16.2. The predicted octanol–water partition coefficient (Wildman–Crippen LogP) is 1.07. The Labute approximate surface area is 111 Å². The number of carbonyl (C=O) groups excluding carboxylic acids is 1. The molecule has 0 saturated carbocycles. The summed E-state index contributed by atoms with van der Waals surface area (Å²) in [5.41, 5.74) is 0. The predicted molar refractivity (Wildman–Crippen MR) is 73.6 cm³/mol. The molecule has 0 atom stereocenters. The van der Waals surface area contributed by atoms with Crippen LogP contribution in [0.4, 0.5) is 0 Å². The second kappa shape index (κ2) is 7.10. The normalized spacial score (nSPS) is 23.3. The molecule has 1 amide bonds. The number of hydrogen-bond acceptors (Lipinski definition) is 3. The second-order valence-corrected chi connectivity index (χ2v) is 5.49. The molecule has 2 aliphatic heterocycles. The van der Waals surface area contributed by atoms with Gasteiger partial charge in [-0.3, -0.25) is 4.79 Å². The van der Waals surface area contributed by atoms with Crippen molar-refractivity contribution in [2.45, 2.75) is 45.1 Å². The average Bonchev–Trinajstić information content (AvgIpc) is 2.46. The van der Waals surface area contributed by atoms with Crippen molar-refractivity contribution in [1.82, 2.24) is 15.1 Å². The standard InChI is InChI=1S/C14H27N3O/c1-2-15-12-14(18)17-10-6-13(7-11-17)16-8-4-3-5-9-16/h13,15H,2-12H2,1H3. The summed E-state index contributed by atoms with van der Waals surface area (Å²) in [6.07, 6.45) is 6.45. The van der Waals surface area contributed by atoms with Gasteiger partial charge in [0.2, 0.25) is 5.91 Å². The Morgan fingerprint density at radius 2 is 1.78 bits per heavy atom. The minimum Gasteiger partial charge on any atom is -0.341 e. The van der Waals surface area contributed by atoms with Crippen LogP contribution in [0.3, 0.4) is 0 Å². The maximum atomic E-state index is 11.9. The van der Waals surface area contributed by atoms with Crippen LogP contribution in [0.25, 0.3) is 0 Å². The molecule has 0 bridgehead atoms. The van der Waals surface area contributed by atoms with Crippen molar-refractivity contribution in [3.8, 4) is 0 Å². The lowest BCUT2D eigenvalue weighted by Gasteiger charge is -2.40. The van der Waals surface area contributed by atoms with E-state index in [1.807, 2.05) is 11.8 Å². The monoisotopic (exact) mass is 253 g/mol. The van der Waals surface area contributed by atoms with Crippen LogP contribution in [0.1, 0.15) is 39.0 Å². The maximum absolute atomic E-state index is 11.9. The first-order chi connectivity index (χ1) is 8.81. The van der Waals surface area contributed by atoms with E-state index in [0.717, 1.165) is 38.5 Å². The number of amides is 1. The van der Waals surface area contributed by atoms with E-state index in [2.05, 4.69) is 10.2 Å². The summed E-state index contributed by atoms with van der Waals surface area (Å²) in [4.78, 5) is 16.6. The van der Waals surface area contributed by atoms with Crippen molar-refractivity contribution in [3.05, 3.63) is 0 Å². The van der Waals surface area contributed by atoms with Gasteiger partial charge in [-0.2, -0.15) is 0 Å². The largest absolute Gasteiger partial charge is 0.341 e. The molecule has 0 spiro atoms. The van der Waals surface area contributed by atoms with Gasteiger partial charge in [-0.05, 0) is 45.3 Å². The molecule has 1 N–H and O–H groups in total. The van der Waals surface area contributed by atoms with Gasteiger partial charge >= 0.3 is 0 Å². The molecular formula is C14H27N3O. The summed E-state index contributed by atoms with van der Waals surface area (Å²) >= 11 is 0. The molecule has 2 heterocycles. The number of likely N-dealkylation sites (tertiary alicyclic amines) is 2. The van der Waals surface area contributed by atoms with Gasteiger partial charge in [0.25, 0.3) is 0 Å². The van der Waals surface area contributed by atoms with E-state index in [0.29, 0.717) is 6.54 Å². The number of piperidine rings is 2. The van der Waals surface area contributed by atoms with Crippen molar-refractivity contribution >= 4 is 5.91 Å². The molecule has 0 aromatic heterocycles. The van der Waals surface area contributed by atoms with Crippen molar-refractivity contribution in [3.63, 3.8) is 0 Å². The molecule has 2 fully saturated rings. The van der Waals surface area contributed by atoms with Crippen LogP contribution < -0.4 is 5.32 Å². The third kappa shape index (κ3) is 3.69. The topological polar surface area (TPSA) is 35.6 Å². The number of nitrogens with zero attached hydrogens (tertiary/aromatic N) is 2. The SMILES string of the molecule is CCNCC(=O)N1CCC(N2CCCCC2)CC1. The minimum atomic E-state index is 0.272. The fourth-order valence-electron chi connectivity index (χ4n) is 3.11. The molecule has 4 heteroatoms. The molecule has 18 heavy (non-hydrogen) atoms. The molecule has 0 radical (unpaired) electrons. The Morgan fingerprint density at radius 3 is 2.39 bits per heavy atom. The Hall–Kier alpha value is -0.610. The smallest absolute Gasteiger partial charge is 0.236 e. The fourth-order valence-corrected chi connectivity index (χ4v) is 3.11. The van der Waals surface area contributed by atoms with Crippen LogP contribution in [0.2, 0.25) is 0 Å². The molecule has 2 saturated heterocycles. The summed E-state index contributed by atoms with van der Waals surface area (Å²) in [5, 5.41) is 3.12. The lowest BCUT2D eigenvalue weighted by atomic mass is 10.00. The van der Waals surface area contributed by atoms with Gasteiger partial charge in [-0.15, -0.1) is 0 Å². The third-order valence-corrected chi connectivity index (χ3v) is 4.25. The zero-order valence-corrected chi connectivity index (χ0v) is 11.7. The Kier molecular flexibility index (Phi) is 5.45. The van der Waals surface area contributed by atoms with Gasteiger partial charge in [-0.1, -0.05) is 13.3 Å². The van der Waals surface area contributed by atoms with E-state index >= 15 is 0 Å². The summed E-state index contributed by atoms with van der Waals surface area (Å²) in [5.74, 6) is 0.272.